The van der Waals surface area contributed by atoms with Crippen LogP contribution < -0.4 is 10.6 Å². The first-order valence-electron chi connectivity index (χ1n) is 5.66. The summed E-state index contributed by atoms with van der Waals surface area (Å²) in [5, 5.41) is -0.196. The molecule has 1 aliphatic heterocycles. The van der Waals surface area contributed by atoms with Crippen LogP contribution in [-0.2, 0) is 15.8 Å². The van der Waals surface area contributed by atoms with Gasteiger partial charge in [-0.05, 0) is 18.2 Å². The van der Waals surface area contributed by atoms with Crippen LogP contribution in [0.5, 0.6) is 0 Å². The highest BCUT2D eigenvalue weighted by atomic mass is 35.5. The van der Waals surface area contributed by atoms with Gasteiger partial charge in [0.1, 0.15) is 0 Å². The number of anilines is 1. The second-order valence-electron chi connectivity index (χ2n) is 4.47. The van der Waals surface area contributed by atoms with E-state index < -0.39 is 29.5 Å². The molecule has 0 saturated carbocycles. The average molecular weight is 307 g/mol. The molecule has 2 rings (SSSR count). The second kappa shape index (κ2) is 4.97. The lowest BCUT2D eigenvalue weighted by Crippen LogP contribution is -2.28. The molecule has 4 nitrogen and oxygen atoms in total. The Morgan fingerprint density at radius 1 is 1.40 bits per heavy atom. The Hall–Kier alpha value is -1.76. The van der Waals surface area contributed by atoms with Crippen LogP contribution in [0.3, 0.4) is 0 Å². The molecule has 1 atom stereocenters. The second-order valence-corrected chi connectivity index (χ2v) is 4.88. The zero-order valence-corrected chi connectivity index (χ0v) is 10.8. The van der Waals surface area contributed by atoms with E-state index >= 15 is 0 Å². The van der Waals surface area contributed by atoms with Gasteiger partial charge in [0, 0.05) is 13.0 Å². The molecule has 1 fully saturated rings. The van der Waals surface area contributed by atoms with Gasteiger partial charge >= 0.3 is 6.18 Å². The predicted molar refractivity (Wildman–Crippen MR) is 66.1 cm³/mol. The molecule has 1 aromatic rings. The van der Waals surface area contributed by atoms with E-state index in [0.29, 0.717) is 0 Å². The molecule has 1 aliphatic rings. The summed E-state index contributed by atoms with van der Waals surface area (Å²) in [5.41, 5.74) is 4.37. The molecular weight excluding hydrogens is 297 g/mol. The van der Waals surface area contributed by atoms with Crippen LogP contribution in [0.4, 0.5) is 18.9 Å². The van der Waals surface area contributed by atoms with Gasteiger partial charge < -0.3 is 10.6 Å². The van der Waals surface area contributed by atoms with Crippen LogP contribution in [0.2, 0.25) is 5.02 Å². The molecule has 0 aliphatic carbocycles. The Balaban J connectivity index is 2.31. The number of nitrogens with zero attached hydrogens (tertiary/aromatic N) is 1. The van der Waals surface area contributed by atoms with Gasteiger partial charge in [0.25, 0.3) is 0 Å². The van der Waals surface area contributed by atoms with E-state index in [4.69, 9.17) is 17.3 Å². The lowest BCUT2D eigenvalue weighted by molar-refractivity contribution is -0.137. The number of halogens is 4. The summed E-state index contributed by atoms with van der Waals surface area (Å²) in [6.07, 6.45) is -4.57. The Bertz CT molecular complexity index is 574. The molecule has 2 N–H and O–H groups in total. The molecule has 1 saturated heterocycles. The van der Waals surface area contributed by atoms with Crippen LogP contribution >= 0.6 is 11.6 Å². The fraction of sp³-hybridized carbons (Fsp3) is 0.333. The van der Waals surface area contributed by atoms with Crippen molar-refractivity contribution in [1.29, 1.82) is 0 Å². The largest absolute Gasteiger partial charge is 0.416 e. The van der Waals surface area contributed by atoms with Crippen LogP contribution in [-0.4, -0.2) is 18.4 Å². The molecule has 108 valence electrons. The zero-order chi connectivity index (χ0) is 15.1. The van der Waals surface area contributed by atoms with Crippen molar-refractivity contribution in [2.45, 2.75) is 12.6 Å². The SMILES string of the molecule is NC(=O)C1CC(=O)N(c2ccc(C(F)(F)F)cc2Cl)C1. The minimum atomic E-state index is -4.51. The normalized spacial score (nSPS) is 19.5. The lowest BCUT2D eigenvalue weighted by Gasteiger charge is -2.19. The molecule has 1 aromatic carbocycles. The number of primary amides is 1. The smallest absolute Gasteiger partial charge is 0.369 e. The van der Waals surface area contributed by atoms with Gasteiger partial charge in [-0.2, -0.15) is 13.2 Å². The summed E-state index contributed by atoms with van der Waals surface area (Å²) < 4.78 is 37.6. The maximum atomic E-state index is 12.5. The van der Waals surface area contributed by atoms with Gasteiger partial charge in [0.2, 0.25) is 11.8 Å². The molecule has 20 heavy (non-hydrogen) atoms. The minimum Gasteiger partial charge on any atom is -0.369 e. The topological polar surface area (TPSA) is 63.4 Å². The highest BCUT2D eigenvalue weighted by Crippen LogP contribution is 2.36. The Kier molecular flexibility index (Phi) is 3.64. The van der Waals surface area contributed by atoms with E-state index in [1.807, 2.05) is 0 Å². The third-order valence-corrected chi connectivity index (χ3v) is 3.40. The molecule has 0 spiro atoms. The van der Waals surface area contributed by atoms with E-state index in [1.165, 1.54) is 4.90 Å². The molecule has 2 amide bonds. The Morgan fingerprint density at radius 3 is 2.50 bits per heavy atom. The molecule has 8 heteroatoms. The van der Waals surface area contributed by atoms with Gasteiger partial charge in [0.05, 0.1) is 22.2 Å². The van der Waals surface area contributed by atoms with Crippen LogP contribution in [0.25, 0.3) is 0 Å². The fourth-order valence-electron chi connectivity index (χ4n) is 2.03. The van der Waals surface area contributed by atoms with Crippen molar-refractivity contribution in [2.75, 3.05) is 11.4 Å². The number of carbonyl (C=O) groups excluding carboxylic acids is 2. The maximum absolute atomic E-state index is 12.5. The Labute approximate surface area is 117 Å². The molecular formula is C12H10ClF3N2O2. The zero-order valence-electron chi connectivity index (χ0n) is 10.1. The number of carbonyl (C=O) groups is 2. The molecule has 0 aromatic heterocycles. The number of rotatable bonds is 2. The quantitative estimate of drug-likeness (QED) is 0.910. The van der Waals surface area contributed by atoms with Crippen LogP contribution in [0.15, 0.2) is 18.2 Å². The monoisotopic (exact) mass is 306 g/mol. The van der Waals surface area contributed by atoms with E-state index in [0.717, 1.165) is 18.2 Å². The summed E-state index contributed by atoms with van der Waals surface area (Å²) in [6.45, 7) is 0.0270. The summed E-state index contributed by atoms with van der Waals surface area (Å²) in [6, 6.07) is 2.71. The summed E-state index contributed by atoms with van der Waals surface area (Å²) in [7, 11) is 0. The number of alkyl halides is 3. The summed E-state index contributed by atoms with van der Waals surface area (Å²) >= 11 is 5.80. The first kappa shape index (κ1) is 14.6. The van der Waals surface area contributed by atoms with Gasteiger partial charge in [-0.1, -0.05) is 11.6 Å². The van der Waals surface area contributed by atoms with Crippen molar-refractivity contribution in [3.8, 4) is 0 Å². The van der Waals surface area contributed by atoms with E-state index in [9.17, 15) is 22.8 Å². The van der Waals surface area contributed by atoms with Crippen molar-refractivity contribution in [3.63, 3.8) is 0 Å². The summed E-state index contributed by atoms with van der Waals surface area (Å²) in [4.78, 5) is 24.0. The minimum absolute atomic E-state index is 0.0270. The fourth-order valence-corrected chi connectivity index (χ4v) is 2.32. The van der Waals surface area contributed by atoms with Crippen LogP contribution in [0, 0.1) is 5.92 Å². The number of benzene rings is 1. The van der Waals surface area contributed by atoms with Gasteiger partial charge in [-0.25, -0.2) is 0 Å². The number of hydrogen-bond donors (Lipinski definition) is 1. The number of nitrogens with two attached hydrogens (primary N) is 1. The van der Waals surface area contributed by atoms with Crippen molar-refractivity contribution in [3.05, 3.63) is 28.8 Å². The number of amides is 2. The van der Waals surface area contributed by atoms with Gasteiger partial charge in [-0.15, -0.1) is 0 Å². The van der Waals surface area contributed by atoms with E-state index in [1.54, 1.807) is 0 Å². The summed E-state index contributed by atoms with van der Waals surface area (Å²) in [5.74, 6) is -1.67. The first-order chi connectivity index (χ1) is 9.20. The first-order valence-corrected chi connectivity index (χ1v) is 6.04. The van der Waals surface area contributed by atoms with Gasteiger partial charge in [-0.3, -0.25) is 9.59 Å². The molecule has 0 bridgehead atoms. The van der Waals surface area contributed by atoms with Crippen LogP contribution in [0.1, 0.15) is 12.0 Å². The highest BCUT2D eigenvalue weighted by molar-refractivity contribution is 6.34. The average Bonchev–Trinajstić information content (AvgIpc) is 2.70. The Morgan fingerprint density at radius 2 is 2.05 bits per heavy atom. The van der Waals surface area contributed by atoms with E-state index in [-0.39, 0.29) is 23.7 Å². The molecule has 1 unspecified atom stereocenters. The van der Waals surface area contributed by atoms with Crippen molar-refractivity contribution in [2.24, 2.45) is 11.7 Å². The molecule has 0 radical (unpaired) electrons. The maximum Gasteiger partial charge on any atom is 0.416 e. The van der Waals surface area contributed by atoms with Crippen molar-refractivity contribution >= 4 is 29.1 Å². The van der Waals surface area contributed by atoms with Gasteiger partial charge in [0.15, 0.2) is 0 Å². The predicted octanol–water partition coefficient (Wildman–Crippen LogP) is 2.20. The lowest BCUT2D eigenvalue weighted by atomic mass is 10.1. The standard InChI is InChI=1S/C12H10ClF3N2O2/c13-8-4-7(12(14,15)16)1-2-9(8)18-5-6(11(17)20)3-10(18)19/h1-2,4,6H,3,5H2,(H2,17,20). The van der Waals surface area contributed by atoms with Crippen molar-refractivity contribution in [1.82, 2.24) is 0 Å². The third-order valence-electron chi connectivity index (χ3n) is 3.09. The van der Waals surface area contributed by atoms with E-state index in [2.05, 4.69) is 0 Å². The molecule has 1 heterocycles. The number of hydrogen-bond acceptors (Lipinski definition) is 2. The van der Waals surface area contributed by atoms with Crippen molar-refractivity contribution < 1.29 is 22.8 Å². The highest BCUT2D eigenvalue weighted by Gasteiger charge is 2.36. The third kappa shape index (κ3) is 2.72.